The van der Waals surface area contributed by atoms with Crippen molar-refractivity contribution >= 4 is 5.91 Å². The van der Waals surface area contributed by atoms with Crippen molar-refractivity contribution in [2.24, 2.45) is 0 Å². The van der Waals surface area contributed by atoms with Gasteiger partial charge < -0.3 is 10.1 Å². The van der Waals surface area contributed by atoms with Gasteiger partial charge in [0.1, 0.15) is 5.75 Å². The minimum atomic E-state index is -0.123. The number of benzene rings is 1. The minimum Gasteiger partial charge on any atom is -0.483 e. The number of hydrogen-bond donors (Lipinski definition) is 1. The topological polar surface area (TPSA) is 51.2 Å². The van der Waals surface area contributed by atoms with Crippen molar-refractivity contribution in [1.29, 1.82) is 0 Å². The summed E-state index contributed by atoms with van der Waals surface area (Å²) in [6, 6.07) is 13.7. The van der Waals surface area contributed by atoms with Crippen molar-refractivity contribution in [3.8, 4) is 5.75 Å². The van der Waals surface area contributed by atoms with Gasteiger partial charge in [-0.15, -0.1) is 0 Å². The standard InChI is InChI=1S/C20H26N2O2/c1-15(13-16-9-7-8-12-21-16)22-19(23)14-24-18-11-6-5-10-17(18)20(2,3)4/h5-12,15H,13-14H2,1-4H3,(H,22,23)/t15-/m1/s1. The highest BCUT2D eigenvalue weighted by atomic mass is 16.5. The van der Waals surface area contributed by atoms with E-state index in [9.17, 15) is 4.79 Å². The van der Waals surface area contributed by atoms with Gasteiger partial charge in [-0.1, -0.05) is 45.0 Å². The van der Waals surface area contributed by atoms with Gasteiger partial charge in [-0.3, -0.25) is 9.78 Å². The van der Waals surface area contributed by atoms with E-state index in [4.69, 9.17) is 4.74 Å². The summed E-state index contributed by atoms with van der Waals surface area (Å²) in [5.74, 6) is 0.639. The van der Waals surface area contributed by atoms with Gasteiger partial charge >= 0.3 is 0 Å². The lowest BCUT2D eigenvalue weighted by Gasteiger charge is -2.22. The van der Waals surface area contributed by atoms with Gasteiger partial charge in [-0.25, -0.2) is 0 Å². The molecule has 0 bridgehead atoms. The Morgan fingerprint density at radius 3 is 2.54 bits per heavy atom. The van der Waals surface area contributed by atoms with Crippen LogP contribution in [0.3, 0.4) is 0 Å². The molecule has 0 unspecified atom stereocenters. The molecule has 1 aromatic heterocycles. The zero-order valence-electron chi connectivity index (χ0n) is 14.9. The van der Waals surface area contributed by atoms with Crippen molar-refractivity contribution in [3.63, 3.8) is 0 Å². The molecule has 4 heteroatoms. The van der Waals surface area contributed by atoms with Crippen LogP contribution in [-0.4, -0.2) is 23.5 Å². The fraction of sp³-hybridized carbons (Fsp3) is 0.400. The Labute approximate surface area is 144 Å². The molecule has 0 saturated carbocycles. The molecule has 0 saturated heterocycles. The van der Waals surface area contributed by atoms with Crippen LogP contribution in [0.1, 0.15) is 39.0 Å². The molecule has 24 heavy (non-hydrogen) atoms. The number of hydrogen-bond acceptors (Lipinski definition) is 3. The molecule has 0 aliphatic heterocycles. The number of aromatic nitrogens is 1. The van der Waals surface area contributed by atoms with Crippen LogP contribution in [0.2, 0.25) is 0 Å². The van der Waals surface area contributed by atoms with E-state index >= 15 is 0 Å². The van der Waals surface area contributed by atoms with Gasteiger partial charge in [0.2, 0.25) is 0 Å². The maximum absolute atomic E-state index is 12.1. The van der Waals surface area contributed by atoms with E-state index in [2.05, 4.69) is 31.1 Å². The first-order valence-electron chi connectivity index (χ1n) is 8.28. The Morgan fingerprint density at radius 1 is 1.17 bits per heavy atom. The van der Waals surface area contributed by atoms with E-state index in [0.29, 0.717) is 6.42 Å². The Morgan fingerprint density at radius 2 is 1.88 bits per heavy atom. The average Bonchev–Trinajstić information content (AvgIpc) is 2.53. The van der Waals surface area contributed by atoms with Crippen LogP contribution >= 0.6 is 0 Å². The smallest absolute Gasteiger partial charge is 0.258 e. The second-order valence-corrected chi connectivity index (χ2v) is 7.03. The molecule has 1 atom stereocenters. The average molecular weight is 326 g/mol. The first kappa shape index (κ1) is 18.0. The molecule has 2 rings (SSSR count). The SMILES string of the molecule is C[C@H](Cc1ccccn1)NC(=O)COc1ccccc1C(C)(C)C. The molecule has 0 aliphatic rings. The third-order valence-corrected chi connectivity index (χ3v) is 3.70. The summed E-state index contributed by atoms with van der Waals surface area (Å²) in [6.07, 6.45) is 2.46. The van der Waals surface area contributed by atoms with E-state index in [1.165, 1.54) is 0 Å². The number of ether oxygens (including phenoxy) is 1. The molecule has 0 spiro atoms. The number of carbonyl (C=O) groups is 1. The highest BCUT2D eigenvalue weighted by molar-refractivity contribution is 5.77. The lowest BCUT2D eigenvalue weighted by Crippen LogP contribution is -2.37. The highest BCUT2D eigenvalue weighted by Crippen LogP contribution is 2.30. The zero-order chi connectivity index (χ0) is 17.6. The molecular weight excluding hydrogens is 300 g/mol. The summed E-state index contributed by atoms with van der Waals surface area (Å²) in [6.45, 7) is 8.37. The van der Waals surface area contributed by atoms with Crippen LogP contribution in [-0.2, 0) is 16.6 Å². The van der Waals surface area contributed by atoms with Gasteiger partial charge in [-0.2, -0.15) is 0 Å². The number of para-hydroxylation sites is 1. The number of nitrogens with zero attached hydrogens (tertiary/aromatic N) is 1. The van der Waals surface area contributed by atoms with Crippen molar-refractivity contribution < 1.29 is 9.53 Å². The maximum atomic E-state index is 12.1. The van der Waals surface area contributed by atoms with Crippen LogP contribution in [0.25, 0.3) is 0 Å². The summed E-state index contributed by atoms with van der Waals surface area (Å²) in [4.78, 5) is 16.4. The number of rotatable bonds is 6. The molecule has 0 fully saturated rings. The molecule has 1 amide bonds. The van der Waals surface area contributed by atoms with E-state index in [1.54, 1.807) is 6.20 Å². The van der Waals surface area contributed by atoms with Crippen molar-refractivity contribution in [2.45, 2.75) is 45.6 Å². The Hall–Kier alpha value is -2.36. The van der Waals surface area contributed by atoms with Crippen LogP contribution < -0.4 is 10.1 Å². The van der Waals surface area contributed by atoms with E-state index in [-0.39, 0.29) is 24.0 Å². The first-order chi connectivity index (χ1) is 11.4. The summed E-state index contributed by atoms with van der Waals surface area (Å²) in [7, 11) is 0. The van der Waals surface area contributed by atoms with Gasteiger partial charge in [0.05, 0.1) is 0 Å². The Bertz CT molecular complexity index is 663. The van der Waals surface area contributed by atoms with Crippen molar-refractivity contribution in [3.05, 3.63) is 59.9 Å². The van der Waals surface area contributed by atoms with Gasteiger partial charge in [0, 0.05) is 24.4 Å². The number of pyridine rings is 1. The Balaban J connectivity index is 1.88. The third kappa shape index (κ3) is 5.37. The molecule has 2 aromatic rings. The monoisotopic (exact) mass is 326 g/mol. The maximum Gasteiger partial charge on any atom is 0.258 e. The summed E-state index contributed by atoms with van der Waals surface area (Å²) < 4.78 is 5.75. The van der Waals surface area contributed by atoms with Crippen molar-refractivity contribution in [1.82, 2.24) is 10.3 Å². The quantitative estimate of drug-likeness (QED) is 0.884. The predicted molar refractivity (Wildman–Crippen MR) is 96.2 cm³/mol. The number of nitrogens with one attached hydrogen (secondary N) is 1. The Kier molecular flexibility index (Phi) is 5.96. The molecule has 1 N–H and O–H groups in total. The summed E-state index contributed by atoms with van der Waals surface area (Å²) in [5, 5.41) is 2.95. The molecule has 1 aromatic carbocycles. The lowest BCUT2D eigenvalue weighted by molar-refractivity contribution is -0.123. The predicted octanol–water partition coefficient (Wildman–Crippen LogP) is 3.51. The number of carbonyl (C=O) groups excluding carboxylic acids is 1. The van der Waals surface area contributed by atoms with E-state index < -0.39 is 0 Å². The summed E-state index contributed by atoms with van der Waals surface area (Å²) >= 11 is 0. The minimum absolute atomic E-state index is 0.00820. The second-order valence-electron chi connectivity index (χ2n) is 7.03. The first-order valence-corrected chi connectivity index (χ1v) is 8.28. The van der Waals surface area contributed by atoms with E-state index in [1.807, 2.05) is 49.4 Å². The molecular formula is C20H26N2O2. The number of amides is 1. The van der Waals surface area contributed by atoms with Crippen LogP contribution in [0, 0.1) is 0 Å². The normalized spacial score (nSPS) is 12.5. The van der Waals surface area contributed by atoms with Gasteiger partial charge in [-0.05, 0) is 36.1 Å². The van der Waals surface area contributed by atoms with Crippen LogP contribution in [0.5, 0.6) is 5.75 Å². The largest absolute Gasteiger partial charge is 0.483 e. The summed E-state index contributed by atoms with van der Waals surface area (Å²) in [5.41, 5.74) is 2.03. The van der Waals surface area contributed by atoms with Gasteiger partial charge in [0.25, 0.3) is 5.91 Å². The molecule has 128 valence electrons. The third-order valence-electron chi connectivity index (χ3n) is 3.70. The van der Waals surface area contributed by atoms with Gasteiger partial charge in [0.15, 0.2) is 6.61 Å². The van der Waals surface area contributed by atoms with Crippen LogP contribution in [0.15, 0.2) is 48.7 Å². The van der Waals surface area contributed by atoms with E-state index in [0.717, 1.165) is 17.0 Å². The molecule has 4 nitrogen and oxygen atoms in total. The highest BCUT2D eigenvalue weighted by Gasteiger charge is 2.19. The second kappa shape index (κ2) is 7.95. The zero-order valence-corrected chi connectivity index (χ0v) is 14.9. The molecule has 0 aliphatic carbocycles. The fourth-order valence-corrected chi connectivity index (χ4v) is 2.56. The molecule has 1 heterocycles. The fourth-order valence-electron chi connectivity index (χ4n) is 2.56. The molecule has 0 radical (unpaired) electrons. The lowest BCUT2D eigenvalue weighted by atomic mass is 9.86. The van der Waals surface area contributed by atoms with Crippen molar-refractivity contribution in [2.75, 3.05) is 6.61 Å². The van der Waals surface area contributed by atoms with Crippen LogP contribution in [0.4, 0.5) is 0 Å².